The quantitative estimate of drug-likeness (QED) is 0.594. The summed E-state index contributed by atoms with van der Waals surface area (Å²) in [5.41, 5.74) is 0. The molecule has 74 valence electrons. The first-order valence-corrected chi connectivity index (χ1v) is 4.86. The molecule has 0 saturated carbocycles. The van der Waals surface area contributed by atoms with Crippen LogP contribution in [-0.4, -0.2) is 26.8 Å². The summed E-state index contributed by atoms with van der Waals surface area (Å²) in [6.45, 7) is 9.76. The lowest BCUT2D eigenvalue weighted by Gasteiger charge is -2.11. The van der Waals surface area contributed by atoms with E-state index in [9.17, 15) is 0 Å². The maximum absolute atomic E-state index is 5.04. The molecule has 2 nitrogen and oxygen atoms in total. The molecule has 0 aromatic heterocycles. The van der Waals surface area contributed by atoms with Crippen LogP contribution in [0.1, 0.15) is 27.2 Å². The fourth-order valence-corrected chi connectivity index (χ4v) is 1.08. The van der Waals surface area contributed by atoms with E-state index < -0.39 is 0 Å². The van der Waals surface area contributed by atoms with Crippen LogP contribution in [-0.2, 0) is 4.74 Å². The summed E-state index contributed by atoms with van der Waals surface area (Å²) in [6.07, 6.45) is 1.26. The van der Waals surface area contributed by atoms with Crippen molar-refractivity contribution in [1.29, 1.82) is 0 Å². The maximum Gasteiger partial charge on any atom is 0.0499 e. The third-order valence-electron chi connectivity index (χ3n) is 1.84. The van der Waals surface area contributed by atoms with Gasteiger partial charge in [0.2, 0.25) is 0 Å². The second-order valence-corrected chi connectivity index (χ2v) is 3.95. The van der Waals surface area contributed by atoms with Gasteiger partial charge in [0.25, 0.3) is 0 Å². The Bertz CT molecular complexity index is 93.8. The van der Waals surface area contributed by atoms with Gasteiger partial charge in [0.1, 0.15) is 0 Å². The molecule has 0 aliphatic heterocycles. The lowest BCUT2D eigenvalue weighted by molar-refractivity contribution is 0.158. The topological polar surface area (TPSA) is 21.3 Å². The molecule has 0 radical (unpaired) electrons. The van der Waals surface area contributed by atoms with Crippen LogP contribution in [0.15, 0.2) is 0 Å². The van der Waals surface area contributed by atoms with Crippen molar-refractivity contribution in [2.75, 3.05) is 26.8 Å². The number of hydrogen-bond acceptors (Lipinski definition) is 2. The van der Waals surface area contributed by atoms with Crippen molar-refractivity contribution in [2.45, 2.75) is 27.2 Å². The molecule has 0 saturated heterocycles. The Balaban J connectivity index is 3.08. The number of nitrogens with one attached hydrogen (secondary N) is 1. The molecule has 0 aliphatic carbocycles. The molecule has 0 heterocycles. The van der Waals surface area contributed by atoms with E-state index in [-0.39, 0.29) is 0 Å². The molecule has 1 N–H and O–H groups in total. The molecule has 0 fully saturated rings. The van der Waals surface area contributed by atoms with Gasteiger partial charge in [0, 0.05) is 13.7 Å². The summed E-state index contributed by atoms with van der Waals surface area (Å²) in [7, 11) is 1.75. The Morgan fingerprint density at radius 2 is 1.92 bits per heavy atom. The minimum Gasteiger partial charge on any atom is -0.384 e. The monoisotopic (exact) mass is 173 g/mol. The average Bonchev–Trinajstić information content (AvgIpc) is 1.98. The van der Waals surface area contributed by atoms with E-state index in [1.165, 1.54) is 6.42 Å². The van der Waals surface area contributed by atoms with Crippen molar-refractivity contribution in [3.05, 3.63) is 0 Å². The average molecular weight is 173 g/mol. The van der Waals surface area contributed by atoms with Gasteiger partial charge in [-0.2, -0.15) is 0 Å². The van der Waals surface area contributed by atoms with E-state index in [1.807, 2.05) is 0 Å². The van der Waals surface area contributed by atoms with Gasteiger partial charge >= 0.3 is 0 Å². The summed E-state index contributed by atoms with van der Waals surface area (Å²) in [5, 5.41) is 3.42. The van der Waals surface area contributed by atoms with E-state index in [2.05, 4.69) is 26.1 Å². The Labute approximate surface area is 76.7 Å². The molecule has 0 aromatic rings. The van der Waals surface area contributed by atoms with Gasteiger partial charge in [0.05, 0.1) is 0 Å². The van der Waals surface area contributed by atoms with E-state index in [0.717, 1.165) is 25.6 Å². The second kappa shape index (κ2) is 7.56. The molecule has 1 atom stereocenters. The lowest BCUT2D eigenvalue weighted by Crippen LogP contribution is -2.25. The number of hydrogen-bond donors (Lipinski definition) is 1. The maximum atomic E-state index is 5.04. The molecular weight excluding hydrogens is 150 g/mol. The Morgan fingerprint density at radius 3 is 2.42 bits per heavy atom. The Morgan fingerprint density at radius 1 is 1.25 bits per heavy atom. The molecule has 0 aromatic carbocycles. The van der Waals surface area contributed by atoms with E-state index in [4.69, 9.17) is 4.74 Å². The van der Waals surface area contributed by atoms with Gasteiger partial charge < -0.3 is 10.1 Å². The van der Waals surface area contributed by atoms with Crippen molar-refractivity contribution < 1.29 is 4.74 Å². The third-order valence-corrected chi connectivity index (χ3v) is 1.84. The lowest BCUT2D eigenvalue weighted by atomic mass is 10.1. The summed E-state index contributed by atoms with van der Waals surface area (Å²) >= 11 is 0. The molecule has 0 spiro atoms. The molecule has 0 rings (SSSR count). The van der Waals surface area contributed by atoms with E-state index in [0.29, 0.717) is 5.92 Å². The van der Waals surface area contributed by atoms with Crippen molar-refractivity contribution in [3.63, 3.8) is 0 Å². The smallest absolute Gasteiger partial charge is 0.0499 e. The van der Waals surface area contributed by atoms with Crippen LogP contribution < -0.4 is 5.32 Å². The highest BCUT2D eigenvalue weighted by atomic mass is 16.5. The van der Waals surface area contributed by atoms with Crippen LogP contribution in [0.3, 0.4) is 0 Å². The van der Waals surface area contributed by atoms with Gasteiger partial charge in [-0.3, -0.25) is 0 Å². The fraction of sp³-hybridized carbons (Fsp3) is 1.00. The standard InChI is InChI=1S/C10H23NO/c1-9(2)5-6-11-7-10(3)8-12-4/h9-11H,5-8H2,1-4H3. The summed E-state index contributed by atoms with van der Waals surface area (Å²) < 4.78 is 5.04. The first-order chi connectivity index (χ1) is 5.66. The van der Waals surface area contributed by atoms with E-state index in [1.54, 1.807) is 7.11 Å². The molecular formula is C10H23NO. The molecule has 0 bridgehead atoms. The zero-order chi connectivity index (χ0) is 9.40. The van der Waals surface area contributed by atoms with Crippen molar-refractivity contribution in [2.24, 2.45) is 11.8 Å². The summed E-state index contributed by atoms with van der Waals surface area (Å²) in [5.74, 6) is 1.43. The number of rotatable bonds is 7. The minimum atomic E-state index is 0.627. The largest absolute Gasteiger partial charge is 0.384 e. The van der Waals surface area contributed by atoms with Crippen LogP contribution in [0.5, 0.6) is 0 Å². The predicted octanol–water partition coefficient (Wildman–Crippen LogP) is 1.90. The third kappa shape index (κ3) is 8.02. The van der Waals surface area contributed by atoms with Crippen molar-refractivity contribution >= 4 is 0 Å². The summed E-state index contributed by atoms with van der Waals surface area (Å²) in [6, 6.07) is 0. The SMILES string of the molecule is COCC(C)CNCCC(C)C. The normalized spacial score (nSPS) is 13.8. The van der Waals surface area contributed by atoms with Crippen LogP contribution in [0.2, 0.25) is 0 Å². The molecule has 0 amide bonds. The van der Waals surface area contributed by atoms with E-state index >= 15 is 0 Å². The molecule has 2 heteroatoms. The van der Waals surface area contributed by atoms with Crippen molar-refractivity contribution in [3.8, 4) is 0 Å². The van der Waals surface area contributed by atoms with Gasteiger partial charge in [-0.25, -0.2) is 0 Å². The van der Waals surface area contributed by atoms with Crippen LogP contribution in [0.25, 0.3) is 0 Å². The highest BCUT2D eigenvalue weighted by molar-refractivity contribution is 4.56. The highest BCUT2D eigenvalue weighted by Crippen LogP contribution is 1.97. The van der Waals surface area contributed by atoms with Gasteiger partial charge in [-0.05, 0) is 31.3 Å². The second-order valence-electron chi connectivity index (χ2n) is 3.95. The Hall–Kier alpha value is -0.0800. The van der Waals surface area contributed by atoms with Crippen LogP contribution in [0, 0.1) is 11.8 Å². The molecule has 0 aliphatic rings. The number of ether oxygens (including phenoxy) is 1. The molecule has 1 unspecified atom stereocenters. The fourth-order valence-electron chi connectivity index (χ4n) is 1.08. The van der Waals surface area contributed by atoms with Crippen molar-refractivity contribution in [1.82, 2.24) is 5.32 Å². The van der Waals surface area contributed by atoms with Gasteiger partial charge in [-0.15, -0.1) is 0 Å². The number of methoxy groups -OCH3 is 1. The van der Waals surface area contributed by atoms with Gasteiger partial charge in [-0.1, -0.05) is 20.8 Å². The zero-order valence-electron chi connectivity index (χ0n) is 8.89. The van der Waals surface area contributed by atoms with Gasteiger partial charge in [0.15, 0.2) is 0 Å². The molecule has 12 heavy (non-hydrogen) atoms. The highest BCUT2D eigenvalue weighted by Gasteiger charge is 2.00. The van der Waals surface area contributed by atoms with Crippen LogP contribution in [0.4, 0.5) is 0 Å². The Kier molecular flexibility index (Phi) is 7.51. The first-order valence-electron chi connectivity index (χ1n) is 4.86. The predicted molar refractivity (Wildman–Crippen MR) is 53.4 cm³/mol. The summed E-state index contributed by atoms with van der Waals surface area (Å²) in [4.78, 5) is 0. The van der Waals surface area contributed by atoms with Crippen LogP contribution >= 0.6 is 0 Å². The minimum absolute atomic E-state index is 0.627. The zero-order valence-corrected chi connectivity index (χ0v) is 8.89. The first kappa shape index (κ1) is 11.9.